The molecule has 0 unspecified atom stereocenters. The molecule has 70 valence electrons. The second-order valence-corrected chi connectivity index (χ2v) is 4.82. The zero-order valence-corrected chi connectivity index (χ0v) is 9.05. The van der Waals surface area contributed by atoms with Gasteiger partial charge in [0.15, 0.2) is 0 Å². The molecule has 1 aromatic carbocycles. The summed E-state index contributed by atoms with van der Waals surface area (Å²) in [7, 11) is -3.33. The van der Waals surface area contributed by atoms with Crippen molar-refractivity contribution in [3.05, 3.63) is 41.3 Å². The summed E-state index contributed by atoms with van der Waals surface area (Å²) in [4.78, 5) is 0. The number of hydrogen-bond donors (Lipinski definition) is 1. The molecule has 0 aliphatic heterocycles. The summed E-state index contributed by atoms with van der Waals surface area (Å²) in [6.45, 7) is 0. The molecule has 0 amide bonds. The summed E-state index contributed by atoms with van der Waals surface area (Å²) >= 11 is 2.66. The predicted octanol–water partition coefficient (Wildman–Crippen LogP) is 1.89. The van der Waals surface area contributed by atoms with E-state index < -0.39 is 10.0 Å². The third-order valence-corrected chi connectivity index (χ3v) is 3.41. The highest BCUT2D eigenvalue weighted by molar-refractivity contribution is 9.09. The van der Waals surface area contributed by atoms with Crippen LogP contribution in [-0.4, -0.2) is 8.42 Å². The third kappa shape index (κ3) is 3.71. The van der Waals surface area contributed by atoms with Gasteiger partial charge in [-0.3, -0.25) is 0 Å². The van der Waals surface area contributed by atoms with Gasteiger partial charge in [0, 0.05) is 21.6 Å². The Labute approximate surface area is 85.9 Å². The highest BCUT2D eigenvalue weighted by Crippen LogP contribution is 2.02. The van der Waals surface area contributed by atoms with Crippen LogP contribution in [0.25, 0.3) is 6.08 Å². The van der Waals surface area contributed by atoms with Gasteiger partial charge in [-0.25, -0.2) is 8.42 Å². The number of benzene rings is 1. The van der Waals surface area contributed by atoms with Crippen LogP contribution in [0.15, 0.2) is 35.7 Å². The Morgan fingerprint density at radius 3 is 2.38 bits per heavy atom. The molecule has 13 heavy (non-hydrogen) atoms. The van der Waals surface area contributed by atoms with Crippen molar-refractivity contribution in [2.45, 2.75) is 0 Å². The Bertz CT molecular complexity index is 386. The molecule has 0 atom stereocenters. The molecule has 3 nitrogen and oxygen atoms in total. The van der Waals surface area contributed by atoms with Crippen molar-refractivity contribution in [3.8, 4) is 0 Å². The summed E-state index contributed by atoms with van der Waals surface area (Å²) in [5, 5.41) is 1.09. The van der Waals surface area contributed by atoms with E-state index in [0.717, 1.165) is 11.0 Å². The van der Waals surface area contributed by atoms with E-state index >= 15 is 0 Å². The van der Waals surface area contributed by atoms with E-state index in [-0.39, 0.29) is 0 Å². The van der Waals surface area contributed by atoms with Crippen LogP contribution >= 0.6 is 16.1 Å². The Balaban J connectivity index is 2.82. The van der Waals surface area contributed by atoms with Gasteiger partial charge in [-0.2, -0.15) is 0 Å². The van der Waals surface area contributed by atoms with Crippen molar-refractivity contribution < 1.29 is 8.42 Å². The molecule has 0 aliphatic carbocycles. The number of halogens is 1. The lowest BCUT2D eigenvalue weighted by Crippen LogP contribution is -2.07. The highest BCUT2D eigenvalue weighted by Gasteiger charge is 1.99. The SMILES string of the molecule is O=S(=O)(C=Cc1ccccc1)NBr. The highest BCUT2D eigenvalue weighted by atomic mass is 79.9. The Kier molecular flexibility index (Phi) is 3.65. The molecule has 0 aromatic heterocycles. The molecule has 0 saturated carbocycles. The fraction of sp³-hybridized carbons (Fsp3) is 0. The minimum Gasteiger partial charge on any atom is -0.207 e. The minimum absolute atomic E-state index is 0.842. The van der Waals surface area contributed by atoms with Gasteiger partial charge in [-0.1, -0.05) is 30.3 Å². The van der Waals surface area contributed by atoms with Crippen molar-refractivity contribution in [1.82, 2.24) is 3.75 Å². The Morgan fingerprint density at radius 1 is 1.23 bits per heavy atom. The minimum atomic E-state index is -3.33. The standard InChI is InChI=1S/C8H8BrNO2S/c9-10-13(11,12)7-6-8-4-2-1-3-5-8/h1-7,10H. The molecule has 1 aromatic rings. The zero-order chi connectivity index (χ0) is 9.73. The van der Waals surface area contributed by atoms with Crippen molar-refractivity contribution in [2.75, 3.05) is 0 Å². The normalized spacial score (nSPS) is 12.1. The molecule has 0 saturated heterocycles. The molecule has 0 spiro atoms. The molecule has 0 fully saturated rings. The lowest BCUT2D eigenvalue weighted by molar-refractivity contribution is 0.604. The zero-order valence-electron chi connectivity index (χ0n) is 6.64. The van der Waals surface area contributed by atoms with Crippen LogP contribution in [0.5, 0.6) is 0 Å². The van der Waals surface area contributed by atoms with E-state index in [1.165, 1.54) is 6.08 Å². The van der Waals surface area contributed by atoms with E-state index in [4.69, 9.17) is 0 Å². The fourth-order valence-corrected chi connectivity index (χ4v) is 1.47. The molecule has 0 heterocycles. The van der Waals surface area contributed by atoms with Gasteiger partial charge in [-0.05, 0) is 11.6 Å². The maximum Gasteiger partial charge on any atom is 0.243 e. The summed E-state index contributed by atoms with van der Waals surface area (Å²) < 4.78 is 23.9. The first-order valence-corrected chi connectivity index (χ1v) is 5.83. The second kappa shape index (κ2) is 4.55. The average molecular weight is 262 g/mol. The first kappa shape index (κ1) is 10.4. The van der Waals surface area contributed by atoms with E-state index in [1.54, 1.807) is 0 Å². The summed E-state index contributed by atoms with van der Waals surface area (Å²) in [6.07, 6.45) is 1.52. The van der Waals surface area contributed by atoms with Crippen molar-refractivity contribution in [1.29, 1.82) is 0 Å². The van der Waals surface area contributed by atoms with E-state index in [9.17, 15) is 8.42 Å². The van der Waals surface area contributed by atoms with E-state index in [0.29, 0.717) is 0 Å². The third-order valence-electron chi connectivity index (χ3n) is 1.35. The topological polar surface area (TPSA) is 46.2 Å². The molecule has 0 radical (unpaired) electrons. The second-order valence-electron chi connectivity index (χ2n) is 2.34. The van der Waals surface area contributed by atoms with Gasteiger partial charge in [0.1, 0.15) is 0 Å². The number of rotatable bonds is 3. The predicted molar refractivity (Wildman–Crippen MR) is 56.5 cm³/mol. The number of hydrogen-bond acceptors (Lipinski definition) is 2. The molecule has 1 rings (SSSR count). The van der Waals surface area contributed by atoms with Gasteiger partial charge in [0.25, 0.3) is 0 Å². The van der Waals surface area contributed by atoms with Crippen LogP contribution in [0.3, 0.4) is 0 Å². The number of nitrogens with one attached hydrogen (secondary N) is 1. The molecule has 0 bridgehead atoms. The van der Waals surface area contributed by atoms with Crippen LogP contribution in [0.2, 0.25) is 0 Å². The molecular formula is C8H8BrNO2S. The van der Waals surface area contributed by atoms with Crippen LogP contribution in [-0.2, 0) is 10.0 Å². The monoisotopic (exact) mass is 261 g/mol. The smallest absolute Gasteiger partial charge is 0.207 e. The Hall–Kier alpha value is -0.650. The van der Waals surface area contributed by atoms with Crippen molar-refractivity contribution in [2.24, 2.45) is 0 Å². The van der Waals surface area contributed by atoms with Crippen molar-refractivity contribution in [3.63, 3.8) is 0 Å². The average Bonchev–Trinajstić information content (AvgIpc) is 2.17. The lowest BCUT2D eigenvalue weighted by atomic mass is 10.2. The molecule has 1 N–H and O–H groups in total. The van der Waals surface area contributed by atoms with Crippen LogP contribution in [0.1, 0.15) is 5.56 Å². The maximum absolute atomic E-state index is 10.9. The first-order chi connectivity index (χ1) is 6.14. The van der Waals surface area contributed by atoms with Gasteiger partial charge >= 0.3 is 0 Å². The summed E-state index contributed by atoms with van der Waals surface area (Å²) in [6, 6.07) is 9.19. The molecule has 0 aliphatic rings. The number of sulfonamides is 1. The van der Waals surface area contributed by atoms with E-state index in [2.05, 4.69) is 16.1 Å². The van der Waals surface area contributed by atoms with Crippen LogP contribution < -0.4 is 3.75 Å². The largest absolute Gasteiger partial charge is 0.243 e. The summed E-state index contributed by atoms with van der Waals surface area (Å²) in [5.41, 5.74) is 0.842. The molecule has 5 heteroatoms. The van der Waals surface area contributed by atoms with Crippen molar-refractivity contribution >= 4 is 32.2 Å². The summed E-state index contributed by atoms with van der Waals surface area (Å²) in [5.74, 6) is 0. The van der Waals surface area contributed by atoms with E-state index in [1.807, 2.05) is 34.1 Å². The first-order valence-electron chi connectivity index (χ1n) is 3.49. The van der Waals surface area contributed by atoms with Gasteiger partial charge in [0.2, 0.25) is 10.0 Å². The fourth-order valence-electron chi connectivity index (χ4n) is 0.758. The maximum atomic E-state index is 10.9. The van der Waals surface area contributed by atoms with Gasteiger partial charge in [-0.15, -0.1) is 3.75 Å². The van der Waals surface area contributed by atoms with Crippen LogP contribution in [0.4, 0.5) is 0 Å². The quantitative estimate of drug-likeness (QED) is 0.845. The van der Waals surface area contributed by atoms with Gasteiger partial charge < -0.3 is 0 Å². The lowest BCUT2D eigenvalue weighted by Gasteiger charge is -1.92. The van der Waals surface area contributed by atoms with Gasteiger partial charge in [0.05, 0.1) is 0 Å². The van der Waals surface area contributed by atoms with Crippen LogP contribution in [0, 0.1) is 0 Å². The molecular weight excluding hydrogens is 254 g/mol. The Morgan fingerprint density at radius 2 is 1.85 bits per heavy atom.